The molecule has 15 heteroatoms. The Morgan fingerprint density at radius 3 is 1.98 bits per heavy atom. The van der Waals surface area contributed by atoms with Gasteiger partial charge in [-0.25, -0.2) is 19.6 Å². The number of amides is 5. The van der Waals surface area contributed by atoms with Crippen molar-refractivity contribution in [2.45, 2.75) is 120 Å². The van der Waals surface area contributed by atoms with Crippen molar-refractivity contribution >= 4 is 23.9 Å². The Labute approximate surface area is 363 Å². The molecule has 1 aliphatic carbocycles. The number of methoxy groups -OCH3 is 1. The Balaban J connectivity index is 0.868. The van der Waals surface area contributed by atoms with Crippen molar-refractivity contribution in [2.75, 3.05) is 33.3 Å². The number of nitrogens with zero attached hydrogens (tertiary/aromatic N) is 5. The number of H-pyrrole nitrogens is 2. The third kappa shape index (κ3) is 9.37. The van der Waals surface area contributed by atoms with Gasteiger partial charge in [-0.15, -0.1) is 0 Å². The van der Waals surface area contributed by atoms with Gasteiger partial charge in [0.25, 0.3) is 0 Å². The van der Waals surface area contributed by atoms with Gasteiger partial charge in [-0.2, -0.15) is 0 Å². The van der Waals surface area contributed by atoms with Crippen molar-refractivity contribution in [3.05, 3.63) is 95.5 Å². The van der Waals surface area contributed by atoms with E-state index in [0.29, 0.717) is 50.9 Å². The molecule has 2 aromatic carbocycles. The molecule has 0 unspecified atom stereocenters. The lowest BCUT2D eigenvalue weighted by atomic mass is 9.77. The largest absolute Gasteiger partial charge is 0.453 e. The fourth-order valence-electron chi connectivity index (χ4n) is 9.94. The molecule has 4 atom stereocenters. The first-order chi connectivity index (χ1) is 30.1. The van der Waals surface area contributed by atoms with Crippen molar-refractivity contribution in [2.24, 2.45) is 5.92 Å². The van der Waals surface area contributed by atoms with Gasteiger partial charge in [-0.1, -0.05) is 68.4 Å². The van der Waals surface area contributed by atoms with E-state index in [1.165, 1.54) is 12.7 Å². The Morgan fingerprint density at radius 2 is 1.34 bits per heavy atom. The second-order valence-electron chi connectivity index (χ2n) is 17.8. The van der Waals surface area contributed by atoms with E-state index in [9.17, 15) is 24.3 Å². The van der Waals surface area contributed by atoms with E-state index in [4.69, 9.17) is 14.7 Å². The van der Waals surface area contributed by atoms with Crippen LogP contribution in [0.2, 0.25) is 0 Å². The summed E-state index contributed by atoms with van der Waals surface area (Å²) in [5, 5.41) is 15.7. The number of rotatable bonds is 11. The average molecular weight is 848 g/mol. The topological polar surface area (TPSA) is 189 Å². The van der Waals surface area contributed by atoms with Gasteiger partial charge in [0.15, 0.2) is 0 Å². The number of carbonyl (C=O) groups excluding carboxylic acids is 4. The molecule has 5 N–H and O–H groups in total. The molecule has 4 aliphatic rings. The first-order valence-electron chi connectivity index (χ1n) is 22.5. The van der Waals surface area contributed by atoms with Crippen molar-refractivity contribution in [3.63, 3.8) is 0 Å². The zero-order valence-electron chi connectivity index (χ0n) is 36.1. The van der Waals surface area contributed by atoms with E-state index in [1.54, 1.807) is 4.90 Å². The minimum atomic E-state index is -0.825. The molecule has 0 spiro atoms. The standard InChI is InChI=1S/C47H61N9O6/c1-29(2)40(53-47(61)62-3)44(58)55-23-7-11-38(55)42-48-27-36(50-42)32-17-13-30(14-18-32)31-15-19-33(20-16-31)37-28-49-43(51-37)39-12-8-24-56(39)45(59)41(34-9-5-4-6-10-34)52-46(60)54-25-21-35(57)22-26-54/h4-6,9-10,13-14,17-18,27-29,31,33,35,38-41,57H,7-8,11-12,15-16,19-26H2,1-3H3,(H,48,50)(H,49,51)(H,52,60)(H,53,61)/t31?,33?,38-,39-,40-,41+/m0/s1. The lowest BCUT2D eigenvalue weighted by Crippen LogP contribution is -2.51. The molecule has 2 aromatic heterocycles. The van der Waals surface area contributed by atoms with Gasteiger partial charge in [-0.3, -0.25) is 9.59 Å². The van der Waals surface area contributed by atoms with Crippen LogP contribution in [0.25, 0.3) is 11.3 Å². The van der Waals surface area contributed by atoms with E-state index in [0.717, 1.165) is 85.5 Å². The molecule has 4 aromatic rings. The maximum Gasteiger partial charge on any atom is 0.407 e. The maximum absolute atomic E-state index is 14.3. The molecule has 0 radical (unpaired) electrons. The summed E-state index contributed by atoms with van der Waals surface area (Å²) in [6.45, 7) is 5.93. The highest BCUT2D eigenvalue weighted by Crippen LogP contribution is 2.42. The van der Waals surface area contributed by atoms with Crippen molar-refractivity contribution < 1.29 is 29.0 Å². The number of hydrogen-bond acceptors (Lipinski definition) is 8. The van der Waals surface area contributed by atoms with Crippen LogP contribution in [0.15, 0.2) is 67.0 Å². The molecule has 62 heavy (non-hydrogen) atoms. The smallest absolute Gasteiger partial charge is 0.407 e. The molecule has 3 aliphatic heterocycles. The summed E-state index contributed by atoms with van der Waals surface area (Å²) in [6.07, 6.45) is 11.3. The average Bonchev–Trinajstić information content (AvgIpc) is 4.15. The van der Waals surface area contributed by atoms with Crippen molar-refractivity contribution in [1.29, 1.82) is 0 Å². The van der Waals surface area contributed by atoms with E-state index < -0.39 is 24.3 Å². The molecule has 0 bridgehead atoms. The predicted octanol–water partition coefficient (Wildman–Crippen LogP) is 6.86. The number of imidazole rings is 2. The zero-order valence-corrected chi connectivity index (χ0v) is 36.1. The number of piperidine rings is 1. The van der Waals surface area contributed by atoms with Gasteiger partial charge in [0, 0.05) is 44.0 Å². The van der Waals surface area contributed by atoms with Crippen LogP contribution in [0.3, 0.4) is 0 Å². The molecule has 4 fully saturated rings. The van der Waals surface area contributed by atoms with Crippen LogP contribution in [0.4, 0.5) is 9.59 Å². The van der Waals surface area contributed by atoms with Crippen LogP contribution < -0.4 is 10.6 Å². The van der Waals surface area contributed by atoms with Crippen LogP contribution in [-0.4, -0.2) is 109 Å². The van der Waals surface area contributed by atoms with Crippen LogP contribution in [0.1, 0.15) is 136 Å². The number of likely N-dealkylation sites (tertiary alicyclic amines) is 3. The van der Waals surface area contributed by atoms with E-state index in [1.807, 2.05) is 66.4 Å². The molecule has 330 valence electrons. The second kappa shape index (κ2) is 19.1. The van der Waals surface area contributed by atoms with E-state index in [-0.39, 0.29) is 35.8 Å². The molecule has 1 saturated carbocycles. The van der Waals surface area contributed by atoms with Crippen LogP contribution in [0, 0.1) is 5.92 Å². The van der Waals surface area contributed by atoms with Crippen LogP contribution >= 0.6 is 0 Å². The third-order valence-electron chi connectivity index (χ3n) is 13.6. The Bertz CT molecular complexity index is 2160. The SMILES string of the molecule is COC(=O)N[C@H](C(=O)N1CCC[C@H]1c1ncc(-c2ccc(C3CCC(c4cnc([C@@H]5CCCN5C(=O)[C@H](NC(=O)N5CCC(O)CC5)c5ccccc5)[nH]4)CC3)cc2)[nH]1)C(C)C. The highest BCUT2D eigenvalue weighted by molar-refractivity contribution is 5.89. The molecular weight excluding hydrogens is 787 g/mol. The number of aromatic nitrogens is 4. The Morgan fingerprint density at radius 1 is 0.726 bits per heavy atom. The fraction of sp³-hybridized carbons (Fsp3) is 0.532. The number of alkyl carbamates (subject to hydrolysis) is 1. The van der Waals surface area contributed by atoms with Gasteiger partial charge < -0.3 is 45.1 Å². The molecule has 5 heterocycles. The monoisotopic (exact) mass is 847 g/mol. The predicted molar refractivity (Wildman–Crippen MR) is 233 cm³/mol. The number of ether oxygens (including phenoxy) is 1. The quantitative estimate of drug-likeness (QED) is 0.108. The number of aliphatic hydroxyl groups excluding tert-OH is 1. The molecular formula is C47H61N9O6. The van der Waals surface area contributed by atoms with E-state index in [2.05, 4.69) is 44.9 Å². The summed E-state index contributed by atoms with van der Waals surface area (Å²) in [6, 6.07) is 16.0. The summed E-state index contributed by atoms with van der Waals surface area (Å²) in [4.78, 5) is 75.4. The Hall–Kier alpha value is -5.70. The van der Waals surface area contributed by atoms with Crippen molar-refractivity contribution in [3.8, 4) is 11.3 Å². The normalized spacial score (nSPS) is 23.0. The second-order valence-corrected chi connectivity index (χ2v) is 17.8. The van der Waals surface area contributed by atoms with Gasteiger partial charge in [-0.05, 0) is 92.7 Å². The lowest BCUT2D eigenvalue weighted by molar-refractivity contribution is -0.135. The maximum atomic E-state index is 14.3. The minimum Gasteiger partial charge on any atom is -0.453 e. The summed E-state index contributed by atoms with van der Waals surface area (Å²) in [7, 11) is 1.30. The number of aliphatic hydroxyl groups is 1. The highest BCUT2D eigenvalue weighted by atomic mass is 16.5. The number of nitrogens with one attached hydrogen (secondary N) is 4. The third-order valence-corrected chi connectivity index (χ3v) is 13.6. The first-order valence-corrected chi connectivity index (χ1v) is 22.5. The van der Waals surface area contributed by atoms with Gasteiger partial charge in [0.2, 0.25) is 11.8 Å². The van der Waals surface area contributed by atoms with Gasteiger partial charge >= 0.3 is 12.1 Å². The minimum absolute atomic E-state index is 0.0977. The summed E-state index contributed by atoms with van der Waals surface area (Å²) in [5.74, 6) is 2.00. The summed E-state index contributed by atoms with van der Waals surface area (Å²) in [5.41, 5.74) is 5.11. The zero-order chi connectivity index (χ0) is 43.3. The molecule has 3 saturated heterocycles. The fourth-order valence-corrected chi connectivity index (χ4v) is 9.94. The van der Waals surface area contributed by atoms with Crippen LogP contribution in [0.5, 0.6) is 0 Å². The Kier molecular flexibility index (Phi) is 13.3. The lowest BCUT2D eigenvalue weighted by Gasteiger charge is -2.33. The summed E-state index contributed by atoms with van der Waals surface area (Å²) < 4.78 is 4.77. The van der Waals surface area contributed by atoms with Gasteiger partial charge in [0.1, 0.15) is 23.7 Å². The highest BCUT2D eigenvalue weighted by Gasteiger charge is 2.39. The molecule has 8 rings (SSSR count). The first kappa shape index (κ1) is 43.0. The molecule has 15 nitrogen and oxygen atoms in total. The number of aromatic amines is 2. The van der Waals surface area contributed by atoms with Crippen molar-refractivity contribution in [1.82, 2.24) is 45.3 Å². The summed E-state index contributed by atoms with van der Waals surface area (Å²) >= 11 is 0. The number of carbonyl (C=O) groups is 4. The van der Waals surface area contributed by atoms with E-state index >= 15 is 0 Å². The van der Waals surface area contributed by atoms with Gasteiger partial charge in [0.05, 0.1) is 37.2 Å². The number of benzene rings is 2. The number of hydrogen-bond donors (Lipinski definition) is 5. The van der Waals surface area contributed by atoms with Crippen LogP contribution in [-0.2, 0) is 14.3 Å². The molecule has 5 amide bonds. The number of urea groups is 1.